The van der Waals surface area contributed by atoms with E-state index in [1.54, 1.807) is 26.0 Å². The molecule has 1 aromatic carbocycles. The smallest absolute Gasteiger partial charge is 0.226 e. The van der Waals surface area contributed by atoms with Crippen LogP contribution in [0, 0.1) is 5.92 Å². The van der Waals surface area contributed by atoms with E-state index in [0.29, 0.717) is 5.69 Å². The third kappa shape index (κ3) is 3.09. The molecule has 1 N–H and O–H groups in total. The summed E-state index contributed by atoms with van der Waals surface area (Å²) in [5.74, 6) is -1.54. The molecule has 0 unspecified atom stereocenters. The number of benzene rings is 1. The summed E-state index contributed by atoms with van der Waals surface area (Å²) in [5.41, 5.74) is 0.520. The molecule has 0 saturated heterocycles. The van der Waals surface area contributed by atoms with Crippen molar-refractivity contribution < 1.29 is 14.7 Å². The first kappa shape index (κ1) is 11.2. The molecule has 0 fully saturated rings. The Balaban J connectivity index is 2.83. The maximum atomic E-state index is 11.3. The predicted molar refractivity (Wildman–Crippen MR) is 54.2 cm³/mol. The largest absolute Gasteiger partial charge is 0.545 e. The minimum absolute atomic E-state index is 0.0524. The van der Waals surface area contributed by atoms with Gasteiger partial charge < -0.3 is 15.2 Å². The van der Waals surface area contributed by atoms with Crippen LogP contribution in [0.15, 0.2) is 24.3 Å². The predicted octanol–water partition coefficient (Wildman–Crippen LogP) is 0.645. The van der Waals surface area contributed by atoms with Gasteiger partial charge in [-0.1, -0.05) is 26.0 Å². The quantitative estimate of drug-likeness (QED) is 0.789. The number of carboxylic acid groups (broad SMARTS) is 1. The minimum atomic E-state index is -1.25. The van der Waals surface area contributed by atoms with Crippen molar-refractivity contribution in [3.05, 3.63) is 29.8 Å². The number of nitrogens with one attached hydrogen (secondary N) is 1. The molecule has 1 aromatic rings. The van der Waals surface area contributed by atoms with E-state index < -0.39 is 5.97 Å². The molecule has 0 saturated carbocycles. The van der Waals surface area contributed by atoms with E-state index in [-0.39, 0.29) is 17.4 Å². The lowest BCUT2D eigenvalue weighted by Gasteiger charge is -2.09. The summed E-state index contributed by atoms with van der Waals surface area (Å²) < 4.78 is 0. The van der Waals surface area contributed by atoms with E-state index in [1.165, 1.54) is 12.1 Å². The lowest BCUT2D eigenvalue weighted by atomic mass is 10.1. The highest BCUT2D eigenvalue weighted by atomic mass is 16.4. The highest BCUT2D eigenvalue weighted by Gasteiger charge is 2.06. The highest BCUT2D eigenvalue weighted by Crippen LogP contribution is 2.11. The molecule has 0 aliphatic heterocycles. The molecule has 15 heavy (non-hydrogen) atoms. The highest BCUT2D eigenvalue weighted by molar-refractivity contribution is 5.94. The second kappa shape index (κ2) is 4.59. The summed E-state index contributed by atoms with van der Waals surface area (Å²) in [6, 6.07) is 5.98. The first-order valence-electron chi connectivity index (χ1n) is 4.63. The van der Waals surface area contributed by atoms with Crippen molar-refractivity contribution >= 4 is 17.6 Å². The Hall–Kier alpha value is -1.84. The van der Waals surface area contributed by atoms with Crippen LogP contribution in [0.25, 0.3) is 0 Å². The molecular formula is C11H12NO3-. The molecule has 0 aromatic heterocycles. The number of hydrogen-bond donors (Lipinski definition) is 1. The van der Waals surface area contributed by atoms with Gasteiger partial charge >= 0.3 is 0 Å². The molecule has 0 aliphatic carbocycles. The Morgan fingerprint density at radius 2 is 2.00 bits per heavy atom. The van der Waals surface area contributed by atoms with Crippen LogP contribution in [0.5, 0.6) is 0 Å². The zero-order chi connectivity index (χ0) is 11.4. The number of rotatable bonds is 3. The van der Waals surface area contributed by atoms with Gasteiger partial charge in [0.25, 0.3) is 0 Å². The number of carbonyl (C=O) groups excluding carboxylic acids is 2. The Bertz CT molecular complexity index is 385. The standard InChI is InChI=1S/C11H13NO3/c1-7(2)10(13)12-9-5-3-4-8(6-9)11(14)15/h3-7H,1-2H3,(H,12,13)(H,14,15)/p-1. The molecule has 80 valence electrons. The molecule has 0 atom stereocenters. The van der Waals surface area contributed by atoms with Gasteiger partial charge in [-0.3, -0.25) is 4.79 Å². The first-order valence-corrected chi connectivity index (χ1v) is 4.63. The third-order valence-corrected chi connectivity index (χ3v) is 1.89. The van der Waals surface area contributed by atoms with Gasteiger partial charge in [0.1, 0.15) is 0 Å². The maximum Gasteiger partial charge on any atom is 0.226 e. The van der Waals surface area contributed by atoms with Gasteiger partial charge in [-0.15, -0.1) is 0 Å². The Labute approximate surface area is 87.9 Å². The van der Waals surface area contributed by atoms with Crippen molar-refractivity contribution in [2.45, 2.75) is 13.8 Å². The van der Waals surface area contributed by atoms with Gasteiger partial charge in [0, 0.05) is 11.6 Å². The van der Waals surface area contributed by atoms with E-state index in [1.807, 2.05) is 0 Å². The van der Waals surface area contributed by atoms with Crippen LogP contribution in [-0.2, 0) is 4.79 Å². The number of hydrogen-bond acceptors (Lipinski definition) is 3. The number of carbonyl (C=O) groups is 2. The van der Waals surface area contributed by atoms with E-state index in [9.17, 15) is 14.7 Å². The Morgan fingerprint density at radius 1 is 1.33 bits per heavy atom. The molecular weight excluding hydrogens is 194 g/mol. The van der Waals surface area contributed by atoms with Crippen molar-refractivity contribution in [1.29, 1.82) is 0 Å². The van der Waals surface area contributed by atoms with Crippen LogP contribution in [0.3, 0.4) is 0 Å². The van der Waals surface area contributed by atoms with Gasteiger partial charge in [0.05, 0.1) is 5.97 Å². The lowest BCUT2D eigenvalue weighted by molar-refractivity contribution is -0.255. The Kier molecular flexibility index (Phi) is 3.44. The van der Waals surface area contributed by atoms with Gasteiger partial charge in [0.2, 0.25) is 5.91 Å². The fourth-order valence-corrected chi connectivity index (χ4v) is 1.01. The summed E-state index contributed by atoms with van der Waals surface area (Å²) in [7, 11) is 0. The number of amides is 1. The molecule has 0 heterocycles. The second-order valence-corrected chi connectivity index (χ2v) is 3.51. The maximum absolute atomic E-state index is 11.3. The van der Waals surface area contributed by atoms with Crippen LogP contribution >= 0.6 is 0 Å². The van der Waals surface area contributed by atoms with E-state index in [0.717, 1.165) is 0 Å². The SMILES string of the molecule is CC(C)C(=O)Nc1cccc(C(=O)[O-])c1. The van der Waals surface area contributed by atoms with Crippen molar-refractivity contribution in [1.82, 2.24) is 0 Å². The van der Waals surface area contributed by atoms with Gasteiger partial charge in [-0.25, -0.2) is 0 Å². The first-order chi connectivity index (χ1) is 7.00. The summed E-state index contributed by atoms with van der Waals surface area (Å²) >= 11 is 0. The Morgan fingerprint density at radius 3 is 2.53 bits per heavy atom. The van der Waals surface area contributed by atoms with Crippen molar-refractivity contribution in [3.63, 3.8) is 0 Å². The average molecular weight is 206 g/mol. The molecule has 0 spiro atoms. The van der Waals surface area contributed by atoms with Crippen molar-refractivity contribution in [2.75, 3.05) is 5.32 Å². The summed E-state index contributed by atoms with van der Waals surface area (Å²) in [6.07, 6.45) is 0. The number of carboxylic acids is 1. The van der Waals surface area contributed by atoms with Crippen LogP contribution in [0.4, 0.5) is 5.69 Å². The van der Waals surface area contributed by atoms with E-state index in [4.69, 9.17) is 0 Å². The zero-order valence-corrected chi connectivity index (χ0v) is 8.61. The van der Waals surface area contributed by atoms with Crippen molar-refractivity contribution in [2.24, 2.45) is 5.92 Å². The van der Waals surface area contributed by atoms with Crippen LogP contribution in [-0.4, -0.2) is 11.9 Å². The summed E-state index contributed by atoms with van der Waals surface area (Å²) in [6.45, 7) is 3.52. The zero-order valence-electron chi connectivity index (χ0n) is 8.61. The molecule has 0 bridgehead atoms. The van der Waals surface area contributed by atoms with Crippen molar-refractivity contribution in [3.8, 4) is 0 Å². The molecule has 4 nitrogen and oxygen atoms in total. The fourth-order valence-electron chi connectivity index (χ4n) is 1.01. The fraction of sp³-hybridized carbons (Fsp3) is 0.273. The van der Waals surface area contributed by atoms with Gasteiger partial charge in [0.15, 0.2) is 0 Å². The van der Waals surface area contributed by atoms with E-state index >= 15 is 0 Å². The van der Waals surface area contributed by atoms with Crippen LogP contribution in [0.1, 0.15) is 24.2 Å². The molecule has 1 amide bonds. The topological polar surface area (TPSA) is 69.2 Å². The van der Waals surface area contributed by atoms with Gasteiger partial charge in [-0.05, 0) is 17.7 Å². The summed E-state index contributed by atoms with van der Waals surface area (Å²) in [5, 5.41) is 13.2. The minimum Gasteiger partial charge on any atom is -0.545 e. The summed E-state index contributed by atoms with van der Waals surface area (Å²) in [4.78, 5) is 21.9. The molecule has 1 rings (SSSR count). The van der Waals surface area contributed by atoms with Crippen LogP contribution in [0.2, 0.25) is 0 Å². The second-order valence-electron chi connectivity index (χ2n) is 3.51. The van der Waals surface area contributed by atoms with E-state index in [2.05, 4.69) is 5.32 Å². The molecule has 0 radical (unpaired) electrons. The number of aromatic carboxylic acids is 1. The lowest BCUT2D eigenvalue weighted by Crippen LogP contribution is -2.23. The van der Waals surface area contributed by atoms with Crippen LogP contribution < -0.4 is 10.4 Å². The van der Waals surface area contributed by atoms with Gasteiger partial charge in [-0.2, -0.15) is 0 Å². The normalized spacial score (nSPS) is 10.1. The number of anilines is 1. The molecule has 4 heteroatoms. The molecule has 0 aliphatic rings. The average Bonchev–Trinajstić information content (AvgIpc) is 2.18. The monoisotopic (exact) mass is 206 g/mol. The third-order valence-electron chi connectivity index (χ3n) is 1.89.